The van der Waals surface area contributed by atoms with E-state index in [0.717, 1.165) is 67.9 Å². The van der Waals surface area contributed by atoms with Gasteiger partial charge in [0.25, 0.3) is 0 Å². The molecular formula is C48H58N2O10. The average Bonchev–Trinajstić information content (AvgIpc) is 3.28. The Hall–Kier alpha value is -5.01. The predicted molar refractivity (Wildman–Crippen MR) is 226 cm³/mol. The van der Waals surface area contributed by atoms with E-state index in [0.29, 0.717) is 48.0 Å². The number of ether oxygens (including phenoxy) is 5. The maximum absolute atomic E-state index is 14.2. The van der Waals surface area contributed by atoms with Crippen molar-refractivity contribution in [3.05, 3.63) is 114 Å². The van der Waals surface area contributed by atoms with Crippen molar-refractivity contribution in [2.45, 2.75) is 94.9 Å². The van der Waals surface area contributed by atoms with Crippen molar-refractivity contribution in [1.29, 1.82) is 0 Å². The molecule has 3 aromatic rings. The van der Waals surface area contributed by atoms with Gasteiger partial charge in [-0.2, -0.15) is 0 Å². The van der Waals surface area contributed by atoms with E-state index >= 15 is 0 Å². The molecule has 7 atom stereocenters. The molecule has 2 N–H and O–H groups in total. The lowest BCUT2D eigenvalue weighted by Gasteiger charge is -2.59. The van der Waals surface area contributed by atoms with Crippen LogP contribution in [0.15, 0.2) is 102 Å². The summed E-state index contributed by atoms with van der Waals surface area (Å²) in [6.07, 6.45) is 11.2. The van der Waals surface area contributed by atoms with Gasteiger partial charge in [-0.25, -0.2) is 4.79 Å². The molecule has 320 valence electrons. The number of carbonyl (C=O) groups is 2. The van der Waals surface area contributed by atoms with E-state index in [2.05, 4.69) is 12.7 Å². The highest BCUT2D eigenvalue weighted by Gasteiger charge is 2.65. The van der Waals surface area contributed by atoms with Crippen LogP contribution in [-0.2, 0) is 25.7 Å². The maximum atomic E-state index is 14.2. The Labute approximate surface area is 352 Å². The number of hydrogen-bond acceptors (Lipinski definition) is 11. The van der Waals surface area contributed by atoms with Crippen LogP contribution in [0, 0.1) is 17.8 Å². The summed E-state index contributed by atoms with van der Waals surface area (Å²) < 4.78 is 32.5. The smallest absolute Gasteiger partial charge is 0.410 e. The number of likely N-dealkylation sites (N-methyl/N-ethyl adjacent to an activating group) is 1. The van der Waals surface area contributed by atoms with Crippen molar-refractivity contribution in [1.82, 2.24) is 4.90 Å². The minimum absolute atomic E-state index is 0.0323. The molecule has 2 fully saturated rings. The third-order valence-electron chi connectivity index (χ3n) is 12.3. The number of allylic oxidation sites excluding steroid dienone is 1. The topological polar surface area (TPSA) is 146 Å². The van der Waals surface area contributed by atoms with Gasteiger partial charge >= 0.3 is 6.09 Å². The third-order valence-corrected chi connectivity index (χ3v) is 12.3. The molecule has 12 nitrogen and oxygen atoms in total. The molecule has 0 radical (unpaired) electrons. The van der Waals surface area contributed by atoms with Crippen molar-refractivity contribution in [3.63, 3.8) is 0 Å². The normalized spacial score (nSPS) is 26.1. The number of carbonyl (C=O) groups excluding carboxylic acids is 2. The fourth-order valence-electron chi connectivity index (χ4n) is 9.44. The molecule has 1 saturated heterocycles. The summed E-state index contributed by atoms with van der Waals surface area (Å²) in [5.74, 6) is -0.379. The van der Waals surface area contributed by atoms with Gasteiger partial charge in [-0.1, -0.05) is 72.6 Å². The molecule has 2 heterocycles. The van der Waals surface area contributed by atoms with Gasteiger partial charge in [0.2, 0.25) is 12.1 Å². The van der Waals surface area contributed by atoms with Gasteiger partial charge in [0.05, 0.1) is 24.8 Å². The third kappa shape index (κ3) is 9.62. The molecule has 60 heavy (non-hydrogen) atoms. The molecule has 3 aromatic carbocycles. The molecule has 0 bridgehead atoms. The Morgan fingerprint density at radius 1 is 0.983 bits per heavy atom. The zero-order valence-electron chi connectivity index (χ0n) is 34.5. The van der Waals surface area contributed by atoms with Crippen molar-refractivity contribution in [2.75, 3.05) is 33.5 Å². The molecule has 0 spiro atoms. The molecular weight excluding hydrogens is 765 g/mol. The fourth-order valence-corrected chi connectivity index (χ4v) is 9.44. The molecule has 1 saturated carbocycles. The summed E-state index contributed by atoms with van der Waals surface area (Å²) in [4.78, 5) is 33.6. The van der Waals surface area contributed by atoms with E-state index in [1.807, 2.05) is 54.6 Å². The first-order valence-electron chi connectivity index (χ1n) is 21.4. The molecule has 2 aliphatic carbocycles. The van der Waals surface area contributed by atoms with E-state index < -0.39 is 30.1 Å². The molecule has 12 heteroatoms. The van der Waals surface area contributed by atoms with Crippen molar-refractivity contribution < 1.29 is 48.3 Å². The second kappa shape index (κ2) is 20.5. The summed E-state index contributed by atoms with van der Waals surface area (Å²) in [6, 6.07) is 21.6. The molecule has 7 unspecified atom stereocenters. The van der Waals surface area contributed by atoms with Gasteiger partial charge in [0.15, 0.2) is 0 Å². The Balaban J connectivity index is 1.38. The molecule has 0 aromatic heterocycles. The van der Waals surface area contributed by atoms with Crippen molar-refractivity contribution in [3.8, 4) is 17.2 Å². The Bertz CT molecular complexity index is 1980. The van der Waals surface area contributed by atoms with Crippen LogP contribution < -0.4 is 9.47 Å². The Kier molecular flexibility index (Phi) is 14.7. The van der Waals surface area contributed by atoms with Crippen molar-refractivity contribution in [2.24, 2.45) is 22.9 Å². The van der Waals surface area contributed by atoms with Gasteiger partial charge in [0.1, 0.15) is 36.2 Å². The number of aldehydes is 1. The SMILES string of the molecule is C=CCOC12Oc3ccc(Oc4cccc(C=O)c4)cc3C3C(CCCCO)C(CCCCO)C=C(C(=NOC4CCCCO4)CC1N(C)C(=O)OCc1ccccc1)C32. The van der Waals surface area contributed by atoms with Gasteiger partial charge in [-0.15, -0.1) is 6.58 Å². The summed E-state index contributed by atoms with van der Waals surface area (Å²) in [6.45, 7) is 5.00. The van der Waals surface area contributed by atoms with Crippen LogP contribution in [0.4, 0.5) is 4.79 Å². The lowest BCUT2D eigenvalue weighted by Crippen LogP contribution is -2.69. The van der Waals surface area contributed by atoms with Crippen LogP contribution in [0.5, 0.6) is 17.2 Å². The van der Waals surface area contributed by atoms with E-state index in [4.69, 9.17) is 33.7 Å². The number of benzene rings is 3. The highest BCUT2D eigenvalue weighted by molar-refractivity contribution is 6.03. The molecule has 2 aliphatic heterocycles. The highest BCUT2D eigenvalue weighted by Crippen LogP contribution is 2.62. The number of oxime groups is 1. The minimum atomic E-state index is -1.43. The first-order chi connectivity index (χ1) is 29.4. The number of aliphatic hydroxyl groups excluding tert-OH is 2. The number of rotatable bonds is 19. The number of unbranched alkanes of at least 4 members (excludes halogenated alkanes) is 2. The Morgan fingerprint density at radius 2 is 1.78 bits per heavy atom. The van der Waals surface area contributed by atoms with Gasteiger partial charge < -0.3 is 43.6 Å². The first-order valence-corrected chi connectivity index (χ1v) is 21.4. The van der Waals surface area contributed by atoms with Crippen molar-refractivity contribution >= 4 is 18.1 Å². The van der Waals surface area contributed by atoms with Gasteiger partial charge in [-0.05, 0) is 91.8 Å². The van der Waals surface area contributed by atoms with Gasteiger partial charge in [-0.3, -0.25) is 4.79 Å². The second-order valence-electron chi connectivity index (χ2n) is 16.1. The summed E-state index contributed by atoms with van der Waals surface area (Å²) in [7, 11) is 1.71. The quantitative estimate of drug-likeness (QED) is 0.0521. The predicted octanol–water partition coefficient (Wildman–Crippen LogP) is 8.72. The van der Waals surface area contributed by atoms with Crippen LogP contribution in [0.3, 0.4) is 0 Å². The standard InChI is InChI=1S/C48H58N2O10/c1-3-25-57-48-43(50(2)47(54)56-32-33-14-5-4-6-15-33)30-41(49-60-44-20-9-12-26-55-44)39-28-35(17-7-10-23-51)38(19-8-11-24-52)45(46(39)48)40-29-37(21-22-42(40)59-48)58-36-18-13-16-34(27-36)31-53/h3-6,13-16,18,21-22,27-29,31,35,38,43-46,51-52H,1,7-12,17,19-20,23-26,30,32H2,2H3. The second-order valence-corrected chi connectivity index (χ2v) is 16.1. The zero-order chi connectivity index (χ0) is 41.9. The monoisotopic (exact) mass is 822 g/mol. The highest BCUT2D eigenvalue weighted by atomic mass is 16.8. The Morgan fingerprint density at radius 3 is 2.53 bits per heavy atom. The molecule has 1 amide bonds. The lowest BCUT2D eigenvalue weighted by molar-refractivity contribution is -0.254. The maximum Gasteiger partial charge on any atom is 0.410 e. The van der Waals surface area contributed by atoms with Crippen LogP contribution >= 0.6 is 0 Å². The van der Waals surface area contributed by atoms with Crippen LogP contribution in [0.1, 0.15) is 91.6 Å². The first kappa shape index (κ1) is 43.1. The average molecular weight is 823 g/mol. The van der Waals surface area contributed by atoms with E-state index in [1.54, 1.807) is 36.2 Å². The van der Waals surface area contributed by atoms with Crippen LogP contribution in [0.25, 0.3) is 0 Å². The summed E-state index contributed by atoms with van der Waals surface area (Å²) in [5, 5.41) is 24.7. The number of amides is 1. The number of fused-ring (bicyclic) bond motifs is 2. The minimum Gasteiger partial charge on any atom is -0.459 e. The van der Waals surface area contributed by atoms with E-state index in [1.165, 1.54) is 0 Å². The summed E-state index contributed by atoms with van der Waals surface area (Å²) >= 11 is 0. The van der Waals surface area contributed by atoms with Crippen LogP contribution in [0.2, 0.25) is 0 Å². The molecule has 4 aliphatic rings. The number of nitrogens with zero attached hydrogens (tertiary/aromatic N) is 2. The summed E-state index contributed by atoms with van der Waals surface area (Å²) in [5.41, 5.74) is 3.88. The number of hydrogen-bond donors (Lipinski definition) is 2. The van der Waals surface area contributed by atoms with E-state index in [-0.39, 0.29) is 50.6 Å². The van der Waals surface area contributed by atoms with E-state index in [9.17, 15) is 19.8 Å². The zero-order valence-corrected chi connectivity index (χ0v) is 34.5. The largest absolute Gasteiger partial charge is 0.459 e. The molecule has 7 rings (SSSR count). The fraction of sp³-hybridized carbons (Fsp3) is 0.479. The van der Waals surface area contributed by atoms with Gasteiger partial charge in [0, 0.05) is 50.1 Å². The lowest BCUT2D eigenvalue weighted by atomic mass is 9.55. The van der Waals surface area contributed by atoms with Crippen LogP contribution in [-0.4, -0.2) is 84.8 Å². The number of aliphatic hydroxyl groups is 2.